The molecule has 1 aliphatic rings. The molecule has 1 aromatic carbocycles. The Bertz CT molecular complexity index is 539. The van der Waals surface area contributed by atoms with E-state index in [0.29, 0.717) is 13.1 Å². The number of benzene rings is 1. The van der Waals surface area contributed by atoms with Crippen LogP contribution in [0.2, 0.25) is 0 Å². The van der Waals surface area contributed by atoms with Gasteiger partial charge in [0.1, 0.15) is 0 Å². The van der Waals surface area contributed by atoms with Gasteiger partial charge in [-0.1, -0.05) is 43.7 Å². The molecule has 0 saturated carbocycles. The number of amides is 2. The van der Waals surface area contributed by atoms with Crippen LogP contribution in [-0.4, -0.2) is 53.8 Å². The van der Waals surface area contributed by atoms with E-state index in [1.807, 2.05) is 30.0 Å². The minimum absolute atomic E-state index is 0.0599. The van der Waals surface area contributed by atoms with E-state index >= 15 is 0 Å². The zero-order valence-corrected chi connectivity index (χ0v) is 15.0. The Hall–Kier alpha value is -1.88. The van der Waals surface area contributed by atoms with Crippen LogP contribution in [0, 0.1) is 0 Å². The van der Waals surface area contributed by atoms with E-state index < -0.39 is 0 Å². The third-order valence-corrected chi connectivity index (χ3v) is 4.78. The Balaban J connectivity index is 1.93. The van der Waals surface area contributed by atoms with E-state index in [1.165, 1.54) is 0 Å². The van der Waals surface area contributed by atoms with Crippen LogP contribution in [0.5, 0.6) is 0 Å². The molecule has 5 nitrogen and oxygen atoms in total. The summed E-state index contributed by atoms with van der Waals surface area (Å²) in [6.07, 6.45) is 1.95. The normalized spacial score (nSPS) is 18.0. The molecule has 1 heterocycles. The van der Waals surface area contributed by atoms with Gasteiger partial charge < -0.3 is 10.2 Å². The van der Waals surface area contributed by atoms with E-state index in [-0.39, 0.29) is 23.9 Å². The first kappa shape index (κ1) is 18.5. The first-order chi connectivity index (χ1) is 11.5. The monoisotopic (exact) mass is 331 g/mol. The third kappa shape index (κ3) is 4.81. The molecular formula is C19H29N3O2. The highest BCUT2D eigenvalue weighted by Crippen LogP contribution is 2.19. The summed E-state index contributed by atoms with van der Waals surface area (Å²) in [5, 5.41) is 3.20. The van der Waals surface area contributed by atoms with Crippen molar-refractivity contribution < 1.29 is 9.59 Å². The molecule has 0 radical (unpaired) electrons. The van der Waals surface area contributed by atoms with E-state index in [1.54, 1.807) is 6.92 Å². The molecule has 1 fully saturated rings. The second-order valence-electron chi connectivity index (χ2n) is 6.48. The smallest absolute Gasteiger partial charge is 0.237 e. The second kappa shape index (κ2) is 8.83. The van der Waals surface area contributed by atoms with Crippen molar-refractivity contribution in [3.05, 3.63) is 35.9 Å². The highest BCUT2D eigenvalue weighted by Gasteiger charge is 2.27. The fourth-order valence-electron chi connectivity index (χ4n) is 3.18. The van der Waals surface area contributed by atoms with Gasteiger partial charge >= 0.3 is 0 Å². The van der Waals surface area contributed by atoms with Crippen molar-refractivity contribution in [2.75, 3.05) is 26.2 Å². The number of hydrogen-bond donors (Lipinski definition) is 1. The van der Waals surface area contributed by atoms with E-state index in [0.717, 1.165) is 31.5 Å². The van der Waals surface area contributed by atoms with Gasteiger partial charge in [0.2, 0.25) is 11.8 Å². The Morgan fingerprint density at radius 1 is 1.12 bits per heavy atom. The summed E-state index contributed by atoms with van der Waals surface area (Å²) in [4.78, 5) is 28.1. The van der Waals surface area contributed by atoms with Gasteiger partial charge in [-0.3, -0.25) is 14.5 Å². The molecule has 0 bridgehead atoms. The Kier molecular flexibility index (Phi) is 6.79. The molecule has 2 atom stereocenters. The largest absolute Gasteiger partial charge is 0.348 e. The number of carbonyl (C=O) groups excluding carboxylic acids is 2. The maximum absolute atomic E-state index is 12.7. The summed E-state index contributed by atoms with van der Waals surface area (Å²) in [5.74, 6) is 0.174. The predicted octanol–water partition coefficient (Wildman–Crippen LogP) is 2.20. The van der Waals surface area contributed by atoms with Crippen LogP contribution in [0.15, 0.2) is 30.3 Å². The van der Waals surface area contributed by atoms with E-state index in [2.05, 4.69) is 29.3 Å². The van der Waals surface area contributed by atoms with Gasteiger partial charge in [-0.25, -0.2) is 0 Å². The van der Waals surface area contributed by atoms with Gasteiger partial charge in [-0.2, -0.15) is 0 Å². The lowest BCUT2D eigenvalue weighted by atomic mass is 10.0. The quantitative estimate of drug-likeness (QED) is 0.869. The summed E-state index contributed by atoms with van der Waals surface area (Å²) in [6.45, 7) is 8.57. The third-order valence-electron chi connectivity index (χ3n) is 4.78. The van der Waals surface area contributed by atoms with Crippen LogP contribution in [0.3, 0.4) is 0 Å². The Morgan fingerprint density at radius 3 is 2.29 bits per heavy atom. The predicted molar refractivity (Wildman–Crippen MR) is 95.5 cm³/mol. The van der Waals surface area contributed by atoms with Crippen molar-refractivity contribution in [2.45, 2.75) is 45.7 Å². The summed E-state index contributed by atoms with van der Waals surface area (Å²) in [6, 6.07) is 10.0. The second-order valence-corrected chi connectivity index (χ2v) is 6.48. The van der Waals surface area contributed by atoms with Crippen LogP contribution in [0.25, 0.3) is 0 Å². The van der Waals surface area contributed by atoms with Gasteiger partial charge in [0.25, 0.3) is 0 Å². The SMILES string of the molecule is CCC[C@@H](NC(=O)[C@H](C)N1CCN(C(C)=O)CC1)c1ccccc1. The van der Waals surface area contributed by atoms with Gasteiger partial charge in [-0.05, 0) is 18.9 Å². The summed E-state index contributed by atoms with van der Waals surface area (Å²) in [7, 11) is 0. The van der Waals surface area contributed by atoms with Crippen LogP contribution < -0.4 is 5.32 Å². The number of piperazine rings is 1. The first-order valence-corrected chi connectivity index (χ1v) is 8.87. The summed E-state index contributed by atoms with van der Waals surface area (Å²) in [5.41, 5.74) is 1.15. The highest BCUT2D eigenvalue weighted by atomic mass is 16.2. The molecule has 2 amide bonds. The highest BCUT2D eigenvalue weighted by molar-refractivity contribution is 5.81. The molecule has 1 N–H and O–H groups in total. The zero-order valence-electron chi connectivity index (χ0n) is 15.0. The molecule has 1 aromatic rings. The fraction of sp³-hybridized carbons (Fsp3) is 0.579. The minimum Gasteiger partial charge on any atom is -0.348 e. The molecule has 132 valence electrons. The average molecular weight is 331 g/mol. The molecule has 0 aromatic heterocycles. The standard InChI is InChI=1S/C19H29N3O2/c1-4-8-18(17-9-6-5-7-10-17)20-19(24)15(2)21-11-13-22(14-12-21)16(3)23/h5-7,9-10,15,18H,4,8,11-14H2,1-3H3,(H,20,24)/t15-,18+/m0/s1. The molecule has 24 heavy (non-hydrogen) atoms. The van der Waals surface area contributed by atoms with Crippen LogP contribution in [0.1, 0.15) is 45.2 Å². The molecule has 0 unspecified atom stereocenters. The molecule has 0 aliphatic carbocycles. The lowest BCUT2D eigenvalue weighted by Crippen LogP contribution is -2.54. The van der Waals surface area contributed by atoms with Crippen molar-refractivity contribution in [2.24, 2.45) is 0 Å². The lowest BCUT2D eigenvalue weighted by Gasteiger charge is -2.37. The number of carbonyl (C=O) groups is 2. The number of nitrogens with one attached hydrogen (secondary N) is 1. The van der Waals surface area contributed by atoms with Crippen molar-refractivity contribution in [1.82, 2.24) is 15.1 Å². The summed E-state index contributed by atoms with van der Waals surface area (Å²) < 4.78 is 0. The molecule has 2 rings (SSSR count). The van der Waals surface area contributed by atoms with Crippen molar-refractivity contribution in [1.29, 1.82) is 0 Å². The number of nitrogens with zero attached hydrogens (tertiary/aromatic N) is 2. The van der Waals surface area contributed by atoms with Gasteiger partial charge in [0, 0.05) is 33.1 Å². The molecule has 1 saturated heterocycles. The molecule has 5 heteroatoms. The Morgan fingerprint density at radius 2 is 1.75 bits per heavy atom. The maximum atomic E-state index is 12.7. The van der Waals surface area contributed by atoms with Gasteiger partial charge in [-0.15, -0.1) is 0 Å². The van der Waals surface area contributed by atoms with Gasteiger partial charge in [0.15, 0.2) is 0 Å². The number of hydrogen-bond acceptors (Lipinski definition) is 3. The van der Waals surface area contributed by atoms with Crippen LogP contribution >= 0.6 is 0 Å². The van der Waals surface area contributed by atoms with Crippen LogP contribution in [-0.2, 0) is 9.59 Å². The van der Waals surface area contributed by atoms with E-state index in [4.69, 9.17) is 0 Å². The minimum atomic E-state index is -0.179. The topological polar surface area (TPSA) is 52.7 Å². The maximum Gasteiger partial charge on any atom is 0.237 e. The van der Waals surface area contributed by atoms with E-state index in [9.17, 15) is 9.59 Å². The summed E-state index contributed by atoms with van der Waals surface area (Å²) >= 11 is 0. The molecule has 0 spiro atoms. The van der Waals surface area contributed by atoms with Crippen molar-refractivity contribution >= 4 is 11.8 Å². The average Bonchev–Trinajstić information content (AvgIpc) is 2.61. The van der Waals surface area contributed by atoms with Crippen molar-refractivity contribution in [3.63, 3.8) is 0 Å². The first-order valence-electron chi connectivity index (χ1n) is 8.87. The lowest BCUT2D eigenvalue weighted by molar-refractivity contribution is -0.132. The van der Waals surface area contributed by atoms with Crippen molar-refractivity contribution in [3.8, 4) is 0 Å². The fourth-order valence-corrected chi connectivity index (χ4v) is 3.18. The number of rotatable bonds is 6. The molecule has 1 aliphatic heterocycles. The zero-order chi connectivity index (χ0) is 17.5. The van der Waals surface area contributed by atoms with Gasteiger partial charge in [0.05, 0.1) is 12.1 Å². The van der Waals surface area contributed by atoms with Crippen LogP contribution in [0.4, 0.5) is 0 Å². The Labute approximate surface area is 145 Å². The molecular weight excluding hydrogens is 302 g/mol.